The lowest BCUT2D eigenvalue weighted by atomic mass is 10.0. The molecular weight excluding hydrogens is 262 g/mol. The molecule has 3 heteroatoms. The highest BCUT2D eigenvalue weighted by Gasteiger charge is 2.29. The van der Waals surface area contributed by atoms with Gasteiger partial charge in [-0.25, -0.2) is 0 Å². The minimum absolute atomic E-state index is 0.453. The van der Waals surface area contributed by atoms with Crippen LogP contribution in [0, 0.1) is 0 Å². The molecule has 0 spiro atoms. The molecule has 1 saturated heterocycles. The monoisotopic (exact) mass is 283 g/mol. The van der Waals surface area contributed by atoms with E-state index >= 15 is 0 Å². The van der Waals surface area contributed by atoms with Crippen molar-refractivity contribution in [2.45, 2.75) is 43.9 Å². The fourth-order valence-electron chi connectivity index (χ4n) is 2.41. The van der Waals surface area contributed by atoms with E-state index in [4.69, 9.17) is 11.6 Å². The van der Waals surface area contributed by atoms with Gasteiger partial charge in [0.1, 0.15) is 0 Å². The van der Waals surface area contributed by atoms with Gasteiger partial charge in [0.2, 0.25) is 0 Å². The van der Waals surface area contributed by atoms with Gasteiger partial charge in [-0.2, -0.15) is 11.8 Å². The standard InChI is InChI=1S/C15H22ClNS/c1-12(10-13-4-6-14(16)7-5-13)17-11-15(2)8-3-9-18-15/h4-7,12,17H,3,8-11H2,1-2H3. The average molecular weight is 284 g/mol. The largest absolute Gasteiger partial charge is 0.313 e. The van der Waals surface area contributed by atoms with E-state index in [1.807, 2.05) is 12.1 Å². The SMILES string of the molecule is CC(Cc1ccc(Cl)cc1)NCC1(C)CCCS1. The van der Waals surface area contributed by atoms with E-state index in [0.717, 1.165) is 18.0 Å². The lowest BCUT2D eigenvalue weighted by Gasteiger charge is -2.25. The molecule has 1 aliphatic heterocycles. The van der Waals surface area contributed by atoms with Crippen LogP contribution in [0.25, 0.3) is 0 Å². The van der Waals surface area contributed by atoms with Crippen molar-refractivity contribution in [2.75, 3.05) is 12.3 Å². The van der Waals surface area contributed by atoms with E-state index in [1.54, 1.807) is 0 Å². The van der Waals surface area contributed by atoms with Gasteiger partial charge in [-0.3, -0.25) is 0 Å². The van der Waals surface area contributed by atoms with E-state index in [2.05, 4.69) is 43.1 Å². The summed E-state index contributed by atoms with van der Waals surface area (Å²) in [5.74, 6) is 1.32. The highest BCUT2D eigenvalue weighted by molar-refractivity contribution is 8.00. The molecule has 2 atom stereocenters. The van der Waals surface area contributed by atoms with Crippen LogP contribution in [0.1, 0.15) is 32.3 Å². The van der Waals surface area contributed by atoms with E-state index in [9.17, 15) is 0 Å². The maximum Gasteiger partial charge on any atom is 0.0406 e. The highest BCUT2D eigenvalue weighted by Crippen LogP contribution is 2.37. The molecule has 0 amide bonds. The second kappa shape index (κ2) is 6.31. The minimum Gasteiger partial charge on any atom is -0.313 e. The summed E-state index contributed by atoms with van der Waals surface area (Å²) in [6, 6.07) is 8.69. The third-order valence-corrected chi connectivity index (χ3v) is 5.37. The molecule has 1 N–H and O–H groups in total. The van der Waals surface area contributed by atoms with E-state index in [-0.39, 0.29) is 0 Å². The summed E-state index contributed by atoms with van der Waals surface area (Å²) in [7, 11) is 0. The van der Waals surface area contributed by atoms with Gasteiger partial charge in [0.25, 0.3) is 0 Å². The zero-order valence-corrected chi connectivity index (χ0v) is 12.8. The molecule has 2 rings (SSSR count). The maximum absolute atomic E-state index is 5.90. The zero-order chi connectivity index (χ0) is 13.0. The molecule has 0 saturated carbocycles. The molecule has 18 heavy (non-hydrogen) atoms. The van der Waals surface area contributed by atoms with Crippen molar-refractivity contribution in [1.29, 1.82) is 0 Å². The summed E-state index contributed by atoms with van der Waals surface area (Å²) >= 11 is 8.01. The van der Waals surface area contributed by atoms with Crippen molar-refractivity contribution < 1.29 is 0 Å². The van der Waals surface area contributed by atoms with Crippen LogP contribution in [-0.4, -0.2) is 23.1 Å². The third-order valence-electron chi connectivity index (χ3n) is 3.58. The summed E-state index contributed by atoms with van der Waals surface area (Å²) in [5, 5.41) is 4.49. The molecule has 1 aromatic carbocycles. The maximum atomic E-state index is 5.90. The lowest BCUT2D eigenvalue weighted by molar-refractivity contribution is 0.478. The molecule has 0 aromatic heterocycles. The van der Waals surface area contributed by atoms with Gasteiger partial charge in [-0.05, 0) is 56.6 Å². The first-order chi connectivity index (χ1) is 8.57. The zero-order valence-electron chi connectivity index (χ0n) is 11.2. The summed E-state index contributed by atoms with van der Waals surface area (Å²) in [6.07, 6.45) is 3.78. The van der Waals surface area contributed by atoms with Crippen LogP contribution >= 0.6 is 23.4 Å². The fraction of sp³-hybridized carbons (Fsp3) is 0.600. The van der Waals surface area contributed by atoms with Gasteiger partial charge in [-0.15, -0.1) is 0 Å². The van der Waals surface area contributed by atoms with Crippen LogP contribution in [0.3, 0.4) is 0 Å². The van der Waals surface area contributed by atoms with Gasteiger partial charge >= 0.3 is 0 Å². The molecule has 1 nitrogen and oxygen atoms in total. The first-order valence-electron chi connectivity index (χ1n) is 6.69. The summed E-state index contributed by atoms with van der Waals surface area (Å²) < 4.78 is 0.453. The van der Waals surface area contributed by atoms with Gasteiger partial charge in [0, 0.05) is 22.4 Å². The molecule has 1 fully saturated rings. The Bertz CT molecular complexity index is 371. The second-order valence-corrected chi connectivity index (χ2v) is 7.63. The van der Waals surface area contributed by atoms with Gasteiger partial charge in [0.05, 0.1) is 0 Å². The molecule has 1 aromatic rings. The van der Waals surface area contributed by atoms with E-state index < -0.39 is 0 Å². The van der Waals surface area contributed by atoms with Gasteiger partial charge in [-0.1, -0.05) is 23.7 Å². The van der Waals surface area contributed by atoms with Crippen molar-refractivity contribution >= 4 is 23.4 Å². The predicted octanol–water partition coefficient (Wildman–Crippen LogP) is 4.15. The Morgan fingerprint density at radius 2 is 2.11 bits per heavy atom. The summed E-state index contributed by atoms with van der Waals surface area (Å²) in [4.78, 5) is 0. The van der Waals surface area contributed by atoms with Crippen LogP contribution < -0.4 is 5.32 Å². The van der Waals surface area contributed by atoms with Gasteiger partial charge in [0.15, 0.2) is 0 Å². The average Bonchev–Trinajstić information content (AvgIpc) is 2.78. The molecule has 1 heterocycles. The first kappa shape index (κ1) is 14.2. The number of nitrogens with one attached hydrogen (secondary N) is 1. The Morgan fingerprint density at radius 3 is 2.72 bits per heavy atom. The van der Waals surface area contributed by atoms with E-state index in [1.165, 1.54) is 24.2 Å². The highest BCUT2D eigenvalue weighted by atomic mass is 35.5. The minimum atomic E-state index is 0.453. The number of hydrogen-bond acceptors (Lipinski definition) is 2. The lowest BCUT2D eigenvalue weighted by Crippen LogP contribution is -2.38. The third kappa shape index (κ3) is 4.18. The molecule has 100 valence electrons. The Hall–Kier alpha value is -0.180. The summed E-state index contributed by atoms with van der Waals surface area (Å²) in [5.41, 5.74) is 1.35. The van der Waals surface area contributed by atoms with Crippen LogP contribution in [0.5, 0.6) is 0 Å². The summed E-state index contributed by atoms with van der Waals surface area (Å²) in [6.45, 7) is 5.76. The first-order valence-corrected chi connectivity index (χ1v) is 8.06. The molecular formula is C15H22ClNS. The number of benzene rings is 1. The fourth-order valence-corrected chi connectivity index (χ4v) is 3.79. The van der Waals surface area contributed by atoms with Crippen molar-refractivity contribution in [3.63, 3.8) is 0 Å². The number of halogens is 1. The number of hydrogen-bond donors (Lipinski definition) is 1. The Kier molecular flexibility index (Phi) is 4.99. The Balaban J connectivity index is 1.78. The van der Waals surface area contributed by atoms with Crippen LogP contribution in [0.4, 0.5) is 0 Å². The molecule has 1 aliphatic rings. The van der Waals surface area contributed by atoms with Crippen LogP contribution in [0.2, 0.25) is 5.02 Å². The quantitative estimate of drug-likeness (QED) is 0.871. The number of rotatable bonds is 5. The Labute approximate surface area is 120 Å². The molecule has 0 aliphatic carbocycles. The smallest absolute Gasteiger partial charge is 0.0406 e. The van der Waals surface area contributed by atoms with E-state index in [0.29, 0.717) is 10.8 Å². The van der Waals surface area contributed by atoms with Crippen molar-refractivity contribution in [1.82, 2.24) is 5.32 Å². The molecule has 0 bridgehead atoms. The topological polar surface area (TPSA) is 12.0 Å². The second-order valence-electron chi connectivity index (χ2n) is 5.51. The Morgan fingerprint density at radius 1 is 1.39 bits per heavy atom. The van der Waals surface area contributed by atoms with Crippen LogP contribution in [0.15, 0.2) is 24.3 Å². The van der Waals surface area contributed by atoms with Crippen LogP contribution in [-0.2, 0) is 6.42 Å². The number of thioether (sulfide) groups is 1. The van der Waals surface area contributed by atoms with Gasteiger partial charge < -0.3 is 5.32 Å². The van der Waals surface area contributed by atoms with Crippen molar-refractivity contribution in [2.24, 2.45) is 0 Å². The van der Waals surface area contributed by atoms with Crippen molar-refractivity contribution in [3.8, 4) is 0 Å². The predicted molar refractivity (Wildman–Crippen MR) is 82.7 cm³/mol. The normalized spacial score (nSPS) is 25.3. The molecule has 0 radical (unpaired) electrons. The molecule has 2 unspecified atom stereocenters. The van der Waals surface area contributed by atoms with Crippen molar-refractivity contribution in [3.05, 3.63) is 34.9 Å².